The Morgan fingerprint density at radius 2 is 2.07 bits per heavy atom. The molecule has 0 heterocycles. The number of halogens is 1. The van der Waals surface area contributed by atoms with Crippen molar-refractivity contribution in [2.45, 2.75) is 18.9 Å². The molecule has 76 valence electrons. The van der Waals surface area contributed by atoms with E-state index in [2.05, 4.69) is 0 Å². The summed E-state index contributed by atoms with van der Waals surface area (Å²) in [5.41, 5.74) is 0.572. The molecule has 1 aromatic carbocycles. The molecule has 0 aliphatic heterocycles. The van der Waals surface area contributed by atoms with Crippen LogP contribution in [0.25, 0.3) is 0 Å². The van der Waals surface area contributed by atoms with Gasteiger partial charge in [0.1, 0.15) is 11.6 Å². The van der Waals surface area contributed by atoms with Crippen LogP contribution < -0.4 is 9.64 Å². The fraction of sp³-hybridized carbons (Fsp3) is 0.455. The predicted molar refractivity (Wildman–Crippen MR) is 54.4 cm³/mol. The third kappa shape index (κ3) is 1.97. The topological polar surface area (TPSA) is 12.5 Å². The molecular weight excluding hydrogens is 181 g/mol. The van der Waals surface area contributed by atoms with E-state index in [1.807, 2.05) is 14.1 Å². The van der Waals surface area contributed by atoms with Gasteiger partial charge in [-0.3, -0.25) is 0 Å². The molecule has 2 rings (SSSR count). The van der Waals surface area contributed by atoms with Gasteiger partial charge in [0.25, 0.3) is 0 Å². The lowest BCUT2D eigenvalue weighted by Gasteiger charge is -2.14. The number of nitrogens with zero attached hydrogens (tertiary/aromatic N) is 1. The zero-order valence-electron chi connectivity index (χ0n) is 8.46. The van der Waals surface area contributed by atoms with Crippen LogP contribution in [0.4, 0.5) is 10.1 Å². The molecule has 0 atom stereocenters. The molecule has 1 aliphatic carbocycles. The van der Waals surface area contributed by atoms with Crippen molar-refractivity contribution in [1.29, 1.82) is 0 Å². The minimum Gasteiger partial charge on any atom is -0.490 e. The first-order valence-corrected chi connectivity index (χ1v) is 4.80. The zero-order valence-corrected chi connectivity index (χ0v) is 8.46. The lowest BCUT2D eigenvalue weighted by atomic mass is 10.2. The van der Waals surface area contributed by atoms with Crippen LogP contribution in [0.15, 0.2) is 18.2 Å². The highest BCUT2D eigenvalue weighted by Crippen LogP contribution is 2.29. The number of benzene rings is 1. The maximum Gasteiger partial charge on any atom is 0.146 e. The number of anilines is 1. The molecule has 0 amide bonds. The van der Waals surface area contributed by atoms with E-state index < -0.39 is 0 Å². The lowest BCUT2D eigenvalue weighted by molar-refractivity contribution is 0.303. The van der Waals surface area contributed by atoms with Crippen LogP contribution in [0.3, 0.4) is 0 Å². The van der Waals surface area contributed by atoms with E-state index in [1.165, 1.54) is 6.07 Å². The van der Waals surface area contributed by atoms with Gasteiger partial charge in [-0.15, -0.1) is 0 Å². The minimum absolute atomic E-state index is 0.210. The van der Waals surface area contributed by atoms with Crippen LogP contribution in [0.2, 0.25) is 0 Å². The van der Waals surface area contributed by atoms with Crippen LogP contribution in [0.5, 0.6) is 5.75 Å². The summed E-state index contributed by atoms with van der Waals surface area (Å²) < 4.78 is 18.9. The molecule has 1 aliphatic rings. The lowest BCUT2D eigenvalue weighted by Crippen LogP contribution is -2.11. The predicted octanol–water partition coefficient (Wildman–Crippen LogP) is 2.43. The van der Waals surface area contributed by atoms with Crippen molar-refractivity contribution in [3.05, 3.63) is 24.0 Å². The van der Waals surface area contributed by atoms with Gasteiger partial charge >= 0.3 is 0 Å². The van der Waals surface area contributed by atoms with Crippen LogP contribution in [-0.4, -0.2) is 20.2 Å². The molecule has 0 radical (unpaired) electrons. The normalized spacial score (nSPS) is 15.4. The molecule has 0 unspecified atom stereocenters. The fourth-order valence-corrected chi connectivity index (χ4v) is 1.29. The molecule has 0 aromatic heterocycles. The molecule has 1 fully saturated rings. The van der Waals surface area contributed by atoms with E-state index in [0.29, 0.717) is 11.8 Å². The van der Waals surface area contributed by atoms with Gasteiger partial charge in [-0.2, -0.15) is 0 Å². The Bertz CT molecular complexity index is 334. The summed E-state index contributed by atoms with van der Waals surface area (Å²) in [6.07, 6.45) is 2.60. The Hall–Kier alpha value is -1.25. The maximum absolute atomic E-state index is 13.3. The van der Waals surface area contributed by atoms with Crippen molar-refractivity contribution in [2.24, 2.45) is 0 Å². The standard InChI is InChI=1S/C11H14FNO/c1-13(2)11-7-9(5-6-10(11)12)14-8-3-4-8/h5-8H,3-4H2,1-2H3. The number of ether oxygens (including phenoxy) is 1. The second-order valence-electron chi connectivity index (χ2n) is 3.82. The summed E-state index contributed by atoms with van der Waals surface area (Å²) in [7, 11) is 3.64. The molecule has 0 saturated heterocycles. The molecule has 0 bridgehead atoms. The van der Waals surface area contributed by atoms with Crippen LogP contribution in [0.1, 0.15) is 12.8 Å². The average Bonchev–Trinajstić information content (AvgIpc) is 2.92. The number of hydrogen-bond acceptors (Lipinski definition) is 2. The average molecular weight is 195 g/mol. The minimum atomic E-state index is -0.210. The third-order valence-electron chi connectivity index (χ3n) is 2.23. The van der Waals surface area contributed by atoms with Gasteiger partial charge in [0, 0.05) is 20.2 Å². The SMILES string of the molecule is CN(C)c1cc(OC2CC2)ccc1F. The van der Waals surface area contributed by atoms with E-state index in [1.54, 1.807) is 17.0 Å². The summed E-state index contributed by atoms with van der Waals surface area (Å²) in [5.74, 6) is 0.552. The van der Waals surface area contributed by atoms with Crippen molar-refractivity contribution >= 4 is 5.69 Å². The monoisotopic (exact) mass is 195 g/mol. The summed E-state index contributed by atoms with van der Waals surface area (Å²) in [6, 6.07) is 4.88. The van der Waals surface area contributed by atoms with E-state index in [0.717, 1.165) is 18.6 Å². The van der Waals surface area contributed by atoms with Gasteiger partial charge in [-0.05, 0) is 25.0 Å². The Morgan fingerprint density at radius 3 is 2.64 bits per heavy atom. The summed E-state index contributed by atoms with van der Waals surface area (Å²) in [6.45, 7) is 0. The highest BCUT2D eigenvalue weighted by molar-refractivity contribution is 5.50. The smallest absolute Gasteiger partial charge is 0.146 e. The van der Waals surface area contributed by atoms with Crippen molar-refractivity contribution in [1.82, 2.24) is 0 Å². The number of hydrogen-bond donors (Lipinski definition) is 0. The van der Waals surface area contributed by atoms with E-state index in [9.17, 15) is 4.39 Å². The summed E-state index contributed by atoms with van der Waals surface area (Å²) >= 11 is 0. The first-order valence-electron chi connectivity index (χ1n) is 4.80. The van der Waals surface area contributed by atoms with Crippen molar-refractivity contribution < 1.29 is 9.13 Å². The third-order valence-corrected chi connectivity index (χ3v) is 2.23. The van der Waals surface area contributed by atoms with Crippen LogP contribution >= 0.6 is 0 Å². The maximum atomic E-state index is 13.3. The van der Waals surface area contributed by atoms with Crippen LogP contribution in [0, 0.1) is 5.82 Å². The van der Waals surface area contributed by atoms with Gasteiger partial charge in [0.05, 0.1) is 11.8 Å². The quantitative estimate of drug-likeness (QED) is 0.734. The molecular formula is C11H14FNO. The van der Waals surface area contributed by atoms with Crippen molar-refractivity contribution in [3.63, 3.8) is 0 Å². The molecule has 1 saturated carbocycles. The zero-order chi connectivity index (χ0) is 10.1. The van der Waals surface area contributed by atoms with E-state index in [4.69, 9.17) is 4.74 Å². The van der Waals surface area contributed by atoms with E-state index in [-0.39, 0.29) is 5.82 Å². The highest BCUT2D eigenvalue weighted by Gasteiger charge is 2.23. The number of rotatable bonds is 3. The molecule has 3 heteroatoms. The molecule has 1 aromatic rings. The van der Waals surface area contributed by atoms with Gasteiger partial charge in [0.15, 0.2) is 0 Å². The molecule has 14 heavy (non-hydrogen) atoms. The second-order valence-corrected chi connectivity index (χ2v) is 3.82. The summed E-state index contributed by atoms with van der Waals surface area (Å²) in [4.78, 5) is 1.75. The second kappa shape index (κ2) is 3.48. The first kappa shape index (κ1) is 9.31. The van der Waals surface area contributed by atoms with Gasteiger partial charge in [-0.1, -0.05) is 0 Å². The Labute approximate surface area is 83.3 Å². The van der Waals surface area contributed by atoms with Gasteiger partial charge in [0.2, 0.25) is 0 Å². The van der Waals surface area contributed by atoms with Crippen LogP contribution in [-0.2, 0) is 0 Å². The first-order chi connectivity index (χ1) is 6.66. The fourth-order valence-electron chi connectivity index (χ4n) is 1.29. The Balaban J connectivity index is 2.20. The van der Waals surface area contributed by atoms with Crippen molar-refractivity contribution in [3.8, 4) is 5.75 Å². The molecule has 2 nitrogen and oxygen atoms in total. The summed E-state index contributed by atoms with van der Waals surface area (Å²) in [5, 5.41) is 0. The largest absolute Gasteiger partial charge is 0.490 e. The van der Waals surface area contributed by atoms with Gasteiger partial charge in [-0.25, -0.2) is 4.39 Å². The van der Waals surface area contributed by atoms with E-state index >= 15 is 0 Å². The van der Waals surface area contributed by atoms with Gasteiger partial charge < -0.3 is 9.64 Å². The van der Waals surface area contributed by atoms with Crippen molar-refractivity contribution in [2.75, 3.05) is 19.0 Å². The Morgan fingerprint density at radius 1 is 1.36 bits per heavy atom. The highest BCUT2D eigenvalue weighted by atomic mass is 19.1. The molecule has 0 N–H and O–H groups in total. The molecule has 0 spiro atoms. The Kier molecular flexibility index (Phi) is 2.32.